The Bertz CT molecular complexity index is 864. The van der Waals surface area contributed by atoms with E-state index in [0.717, 1.165) is 43.8 Å². The first-order chi connectivity index (χ1) is 13.3. The predicted molar refractivity (Wildman–Crippen MR) is 106 cm³/mol. The van der Waals surface area contributed by atoms with Gasteiger partial charge in [-0.2, -0.15) is 5.10 Å². The van der Waals surface area contributed by atoms with Crippen LogP contribution in [0.5, 0.6) is 0 Å². The van der Waals surface area contributed by atoms with Crippen molar-refractivity contribution in [3.63, 3.8) is 0 Å². The number of hydrogen-bond donors (Lipinski definition) is 2. The van der Waals surface area contributed by atoms with E-state index in [1.165, 1.54) is 11.3 Å². The summed E-state index contributed by atoms with van der Waals surface area (Å²) in [4.78, 5) is 6.54. The number of aromatic amines is 1. The number of ether oxygens (including phenoxy) is 1. The lowest BCUT2D eigenvalue weighted by molar-refractivity contribution is 0.0989. The van der Waals surface area contributed by atoms with Crippen LogP contribution in [0.25, 0.3) is 11.1 Å². The number of nitrogen functional groups attached to an aromatic ring is 1. The van der Waals surface area contributed by atoms with Crippen LogP contribution in [0.2, 0.25) is 0 Å². The van der Waals surface area contributed by atoms with E-state index in [1.54, 1.807) is 6.20 Å². The molecule has 0 amide bonds. The summed E-state index contributed by atoms with van der Waals surface area (Å²) in [5.41, 5.74) is 10.4. The molecule has 0 bridgehead atoms. The maximum Gasteiger partial charge on any atom is 0.123 e. The van der Waals surface area contributed by atoms with E-state index in [0.29, 0.717) is 18.3 Å². The highest BCUT2D eigenvalue weighted by Crippen LogP contribution is 2.33. The zero-order valence-electron chi connectivity index (χ0n) is 15.3. The number of rotatable bonds is 7. The first-order valence-corrected chi connectivity index (χ1v) is 9.39. The van der Waals surface area contributed by atoms with Crippen molar-refractivity contribution in [1.82, 2.24) is 20.1 Å². The number of aromatic nitrogens is 3. The fourth-order valence-electron chi connectivity index (χ4n) is 3.68. The molecular weight excluding hydrogens is 338 g/mol. The van der Waals surface area contributed by atoms with Crippen molar-refractivity contribution in [2.24, 2.45) is 0 Å². The quantitative estimate of drug-likeness (QED) is 0.631. The van der Waals surface area contributed by atoms with Gasteiger partial charge in [-0.1, -0.05) is 30.3 Å². The number of nitrogens with zero attached hydrogens (tertiary/aromatic N) is 3. The molecule has 0 spiro atoms. The maximum absolute atomic E-state index is 5.84. The van der Waals surface area contributed by atoms with Gasteiger partial charge in [-0.3, -0.25) is 5.10 Å². The van der Waals surface area contributed by atoms with Crippen molar-refractivity contribution >= 4 is 5.82 Å². The van der Waals surface area contributed by atoms with E-state index in [9.17, 15) is 0 Å². The largest absolute Gasteiger partial charge is 0.384 e. The second kappa shape index (κ2) is 8.33. The van der Waals surface area contributed by atoms with Gasteiger partial charge < -0.3 is 15.4 Å². The van der Waals surface area contributed by atoms with Crippen LogP contribution in [0.3, 0.4) is 0 Å². The Morgan fingerprint density at radius 3 is 2.96 bits per heavy atom. The van der Waals surface area contributed by atoms with E-state index in [-0.39, 0.29) is 0 Å². The fourth-order valence-corrected chi connectivity index (χ4v) is 3.68. The van der Waals surface area contributed by atoms with Gasteiger partial charge in [0.05, 0.1) is 19.4 Å². The van der Waals surface area contributed by atoms with E-state index in [1.807, 2.05) is 36.5 Å². The average molecular weight is 363 g/mol. The molecule has 3 aromatic rings. The lowest BCUT2D eigenvalue weighted by Gasteiger charge is -2.16. The fraction of sp³-hybridized carbons (Fsp3) is 0.333. The zero-order chi connectivity index (χ0) is 18.5. The summed E-state index contributed by atoms with van der Waals surface area (Å²) < 4.78 is 5.83. The third kappa shape index (κ3) is 4.35. The van der Waals surface area contributed by atoms with Crippen LogP contribution < -0.4 is 5.73 Å². The van der Waals surface area contributed by atoms with Crippen LogP contribution in [0.4, 0.5) is 5.82 Å². The minimum atomic E-state index is 0.450. The molecule has 6 heteroatoms. The van der Waals surface area contributed by atoms with Crippen molar-refractivity contribution in [1.29, 1.82) is 0 Å². The van der Waals surface area contributed by atoms with Crippen LogP contribution in [-0.2, 0) is 11.3 Å². The van der Waals surface area contributed by atoms with Crippen LogP contribution in [0, 0.1) is 0 Å². The minimum Gasteiger partial charge on any atom is -0.384 e. The molecule has 3 heterocycles. The Morgan fingerprint density at radius 2 is 2.11 bits per heavy atom. The normalized spacial score (nSPS) is 17.4. The lowest BCUT2D eigenvalue weighted by Crippen LogP contribution is -2.25. The Labute approximate surface area is 159 Å². The molecular formula is C21H25N5O. The number of H-pyrrole nitrogens is 1. The Kier molecular flexibility index (Phi) is 5.46. The number of nitrogens with one attached hydrogen (secondary N) is 1. The summed E-state index contributed by atoms with van der Waals surface area (Å²) in [6.45, 7) is 4.47. The second-order valence-corrected chi connectivity index (χ2v) is 6.99. The molecule has 1 aromatic carbocycles. The van der Waals surface area contributed by atoms with Crippen molar-refractivity contribution in [2.75, 3.05) is 32.0 Å². The molecule has 1 atom stereocenters. The minimum absolute atomic E-state index is 0.450. The molecule has 1 fully saturated rings. The highest BCUT2D eigenvalue weighted by atomic mass is 16.5. The Morgan fingerprint density at radius 1 is 1.22 bits per heavy atom. The number of likely N-dealkylation sites (tertiary alicyclic amines) is 1. The van der Waals surface area contributed by atoms with Crippen LogP contribution >= 0.6 is 0 Å². The van der Waals surface area contributed by atoms with Gasteiger partial charge in [0.15, 0.2) is 0 Å². The van der Waals surface area contributed by atoms with Gasteiger partial charge in [0.2, 0.25) is 0 Å². The lowest BCUT2D eigenvalue weighted by atomic mass is 9.97. The van der Waals surface area contributed by atoms with Crippen molar-refractivity contribution < 1.29 is 4.74 Å². The number of pyridine rings is 1. The van der Waals surface area contributed by atoms with Gasteiger partial charge in [-0.25, -0.2) is 4.98 Å². The predicted octanol–water partition coefficient (Wildman–Crippen LogP) is 3.06. The molecule has 0 aliphatic carbocycles. The van der Waals surface area contributed by atoms with Crippen LogP contribution in [-0.4, -0.2) is 46.3 Å². The van der Waals surface area contributed by atoms with Crippen molar-refractivity contribution in [3.05, 3.63) is 66.1 Å². The number of anilines is 1. The molecule has 1 aliphatic rings. The molecule has 0 radical (unpaired) electrons. The number of hydrogen-bond acceptors (Lipinski definition) is 5. The van der Waals surface area contributed by atoms with Gasteiger partial charge in [-0.15, -0.1) is 0 Å². The first-order valence-electron chi connectivity index (χ1n) is 9.39. The van der Waals surface area contributed by atoms with Crippen molar-refractivity contribution in [3.8, 4) is 11.1 Å². The molecule has 6 nitrogen and oxygen atoms in total. The molecule has 1 saturated heterocycles. The smallest absolute Gasteiger partial charge is 0.123 e. The Balaban J connectivity index is 1.31. The molecule has 1 aliphatic heterocycles. The SMILES string of the molecule is Nc1cc(-c2cn[nH]c2C2CCN(CCOCc3ccccc3)C2)ccn1. The molecule has 1 unspecified atom stereocenters. The standard InChI is InChI=1S/C21H25N5O/c22-20-12-17(6-8-23-20)19-13-24-25-21(19)18-7-9-26(14-18)10-11-27-15-16-4-2-1-3-5-16/h1-6,8,12-13,18H,7,9-11,14-15H2,(H2,22,23)(H,24,25). The van der Waals surface area contributed by atoms with Gasteiger partial charge >= 0.3 is 0 Å². The Hall–Kier alpha value is -2.70. The van der Waals surface area contributed by atoms with Crippen molar-refractivity contribution in [2.45, 2.75) is 18.9 Å². The van der Waals surface area contributed by atoms with Crippen LogP contribution in [0.15, 0.2) is 54.9 Å². The van der Waals surface area contributed by atoms with Gasteiger partial charge in [0.25, 0.3) is 0 Å². The number of nitrogens with two attached hydrogens (primary N) is 1. The van der Waals surface area contributed by atoms with E-state index < -0.39 is 0 Å². The summed E-state index contributed by atoms with van der Waals surface area (Å²) in [6, 6.07) is 14.2. The second-order valence-electron chi connectivity index (χ2n) is 6.99. The van der Waals surface area contributed by atoms with Gasteiger partial charge in [-0.05, 0) is 36.2 Å². The average Bonchev–Trinajstić information content (AvgIpc) is 3.35. The molecule has 2 aromatic heterocycles. The topological polar surface area (TPSA) is 80.1 Å². The highest BCUT2D eigenvalue weighted by Gasteiger charge is 2.27. The zero-order valence-corrected chi connectivity index (χ0v) is 15.3. The summed E-state index contributed by atoms with van der Waals surface area (Å²) in [5.74, 6) is 0.981. The summed E-state index contributed by atoms with van der Waals surface area (Å²) in [7, 11) is 0. The number of benzene rings is 1. The maximum atomic E-state index is 5.84. The molecule has 140 valence electrons. The monoisotopic (exact) mass is 363 g/mol. The summed E-state index contributed by atoms with van der Waals surface area (Å²) in [6.07, 6.45) is 4.75. The third-order valence-corrected chi connectivity index (χ3v) is 5.10. The summed E-state index contributed by atoms with van der Waals surface area (Å²) >= 11 is 0. The van der Waals surface area contributed by atoms with Crippen LogP contribution in [0.1, 0.15) is 23.6 Å². The summed E-state index contributed by atoms with van der Waals surface area (Å²) in [5, 5.41) is 7.48. The third-order valence-electron chi connectivity index (χ3n) is 5.10. The van der Waals surface area contributed by atoms with E-state index >= 15 is 0 Å². The molecule has 3 N–H and O–H groups in total. The molecule has 0 saturated carbocycles. The molecule has 27 heavy (non-hydrogen) atoms. The van der Waals surface area contributed by atoms with E-state index in [2.05, 4.69) is 32.2 Å². The van der Waals surface area contributed by atoms with Gasteiger partial charge in [0, 0.05) is 36.5 Å². The molecule has 4 rings (SSSR count). The van der Waals surface area contributed by atoms with E-state index in [4.69, 9.17) is 10.5 Å². The first kappa shape index (κ1) is 17.7. The highest BCUT2D eigenvalue weighted by molar-refractivity contribution is 5.67. The van der Waals surface area contributed by atoms with Gasteiger partial charge in [0.1, 0.15) is 5.82 Å².